The van der Waals surface area contributed by atoms with E-state index in [0.29, 0.717) is 17.3 Å². The Morgan fingerprint density at radius 2 is 2.27 bits per heavy atom. The fourth-order valence-electron chi connectivity index (χ4n) is 1.86. The summed E-state index contributed by atoms with van der Waals surface area (Å²) in [6.07, 6.45) is -0.213. The van der Waals surface area contributed by atoms with E-state index in [9.17, 15) is 9.90 Å². The van der Waals surface area contributed by atoms with Gasteiger partial charge in [0, 0.05) is 0 Å². The minimum Gasteiger partial charge on any atom is -0.481 e. The number of carboxylic acid groups (broad SMARTS) is 1. The van der Waals surface area contributed by atoms with Crippen molar-refractivity contribution in [1.82, 2.24) is 4.98 Å². The predicted octanol–water partition coefficient (Wildman–Crippen LogP) is 1.42. The predicted molar refractivity (Wildman–Crippen MR) is 53.7 cm³/mol. The molecule has 4 nitrogen and oxygen atoms in total. The summed E-state index contributed by atoms with van der Waals surface area (Å²) in [5, 5.41) is 18.9. The molecular formula is C10H10ClNO3. The van der Waals surface area contributed by atoms with Crippen molar-refractivity contribution in [2.45, 2.75) is 18.9 Å². The fourth-order valence-corrected chi connectivity index (χ4v) is 2.01. The standard InChI is InChI=1S/C10H10ClNO3/c11-8-2-1-5-3-6(10(14)15)4-7(13)9(5)12-8/h1-2,6-7,13H,3-4H2,(H,14,15). The number of hydrogen-bond donors (Lipinski definition) is 2. The van der Waals surface area contributed by atoms with E-state index in [4.69, 9.17) is 16.7 Å². The molecule has 0 aliphatic heterocycles. The summed E-state index contributed by atoms with van der Waals surface area (Å²) in [4.78, 5) is 14.8. The molecule has 1 aromatic rings. The van der Waals surface area contributed by atoms with Gasteiger partial charge < -0.3 is 10.2 Å². The number of halogens is 1. The van der Waals surface area contributed by atoms with Crippen molar-refractivity contribution in [2.24, 2.45) is 5.92 Å². The Morgan fingerprint density at radius 1 is 1.53 bits per heavy atom. The Labute approximate surface area is 91.5 Å². The number of nitrogens with zero attached hydrogens (tertiary/aromatic N) is 1. The van der Waals surface area contributed by atoms with E-state index < -0.39 is 18.0 Å². The second-order valence-corrected chi connectivity index (χ2v) is 4.06. The van der Waals surface area contributed by atoms with Crippen LogP contribution < -0.4 is 0 Å². The zero-order valence-electron chi connectivity index (χ0n) is 7.85. The summed E-state index contributed by atoms with van der Waals surface area (Å²) >= 11 is 5.70. The van der Waals surface area contributed by atoms with E-state index in [1.807, 2.05) is 0 Å². The van der Waals surface area contributed by atoms with Crippen LogP contribution in [0.15, 0.2) is 12.1 Å². The number of carboxylic acids is 1. The van der Waals surface area contributed by atoms with Gasteiger partial charge in [-0.05, 0) is 24.5 Å². The molecule has 2 rings (SSSR count). The van der Waals surface area contributed by atoms with Crippen molar-refractivity contribution < 1.29 is 15.0 Å². The molecule has 1 aromatic heterocycles. The summed E-state index contributed by atoms with van der Waals surface area (Å²) in [5.74, 6) is -1.41. The number of rotatable bonds is 1. The van der Waals surface area contributed by atoms with Gasteiger partial charge in [0.15, 0.2) is 0 Å². The van der Waals surface area contributed by atoms with Crippen LogP contribution in [0.1, 0.15) is 23.8 Å². The van der Waals surface area contributed by atoms with Crippen molar-refractivity contribution >= 4 is 17.6 Å². The number of carbonyl (C=O) groups is 1. The average molecular weight is 228 g/mol. The van der Waals surface area contributed by atoms with Crippen molar-refractivity contribution in [2.75, 3.05) is 0 Å². The van der Waals surface area contributed by atoms with Crippen molar-refractivity contribution in [3.8, 4) is 0 Å². The Hall–Kier alpha value is -1.13. The van der Waals surface area contributed by atoms with Gasteiger partial charge >= 0.3 is 5.97 Å². The molecule has 1 aliphatic rings. The molecular weight excluding hydrogens is 218 g/mol. The first-order valence-corrected chi connectivity index (χ1v) is 5.02. The van der Waals surface area contributed by atoms with Crippen LogP contribution in [0.25, 0.3) is 0 Å². The minimum absolute atomic E-state index is 0.204. The lowest BCUT2D eigenvalue weighted by Crippen LogP contribution is -2.25. The molecule has 0 saturated carbocycles. The van der Waals surface area contributed by atoms with E-state index in [0.717, 1.165) is 5.56 Å². The molecule has 0 fully saturated rings. The van der Waals surface area contributed by atoms with Crippen LogP contribution in [0, 0.1) is 5.92 Å². The monoisotopic (exact) mass is 227 g/mol. The van der Waals surface area contributed by atoms with E-state index in [1.165, 1.54) is 0 Å². The molecule has 0 spiro atoms. The normalized spacial score (nSPS) is 24.7. The van der Waals surface area contributed by atoms with Crippen LogP contribution in [-0.4, -0.2) is 21.2 Å². The number of hydrogen-bond acceptors (Lipinski definition) is 3. The molecule has 5 heteroatoms. The highest BCUT2D eigenvalue weighted by atomic mass is 35.5. The second kappa shape index (κ2) is 3.79. The third-order valence-corrected chi connectivity index (χ3v) is 2.83. The van der Waals surface area contributed by atoms with Gasteiger partial charge in [-0.3, -0.25) is 4.79 Å². The van der Waals surface area contributed by atoms with Gasteiger partial charge in [0.2, 0.25) is 0 Å². The maximum absolute atomic E-state index is 10.8. The Bertz CT molecular complexity index is 408. The fraction of sp³-hybridized carbons (Fsp3) is 0.400. The molecule has 1 aliphatic carbocycles. The van der Waals surface area contributed by atoms with Gasteiger partial charge in [0.25, 0.3) is 0 Å². The molecule has 80 valence electrons. The highest BCUT2D eigenvalue weighted by Gasteiger charge is 2.30. The van der Waals surface area contributed by atoms with Crippen molar-refractivity contribution in [1.29, 1.82) is 0 Å². The quantitative estimate of drug-likeness (QED) is 0.712. The lowest BCUT2D eigenvalue weighted by Gasteiger charge is -2.25. The Balaban J connectivity index is 2.36. The SMILES string of the molecule is O=C(O)C1Cc2ccc(Cl)nc2C(O)C1. The third kappa shape index (κ3) is 1.96. The van der Waals surface area contributed by atoms with Crippen LogP contribution in [0.4, 0.5) is 0 Å². The second-order valence-electron chi connectivity index (χ2n) is 3.67. The Morgan fingerprint density at radius 3 is 2.93 bits per heavy atom. The Kier molecular flexibility index (Phi) is 2.63. The number of aliphatic carboxylic acids is 1. The molecule has 0 saturated heterocycles. The molecule has 0 amide bonds. The van der Waals surface area contributed by atoms with Gasteiger partial charge in [-0.15, -0.1) is 0 Å². The van der Waals surface area contributed by atoms with Gasteiger partial charge in [-0.2, -0.15) is 0 Å². The van der Waals surface area contributed by atoms with Gasteiger partial charge in [0.1, 0.15) is 5.15 Å². The number of fused-ring (bicyclic) bond motifs is 1. The molecule has 15 heavy (non-hydrogen) atoms. The molecule has 2 unspecified atom stereocenters. The van der Waals surface area contributed by atoms with E-state index in [-0.39, 0.29) is 6.42 Å². The van der Waals surface area contributed by atoms with Crippen molar-refractivity contribution in [3.05, 3.63) is 28.5 Å². The summed E-state index contributed by atoms with van der Waals surface area (Å²) in [6.45, 7) is 0. The van der Waals surface area contributed by atoms with E-state index in [2.05, 4.69) is 4.98 Å². The van der Waals surface area contributed by atoms with E-state index in [1.54, 1.807) is 12.1 Å². The lowest BCUT2D eigenvalue weighted by atomic mass is 9.85. The highest BCUT2D eigenvalue weighted by Crippen LogP contribution is 2.32. The molecule has 2 atom stereocenters. The first kappa shape index (κ1) is 10.4. The minimum atomic E-state index is -0.880. The van der Waals surface area contributed by atoms with Crippen molar-refractivity contribution in [3.63, 3.8) is 0 Å². The number of pyridine rings is 1. The molecule has 2 N–H and O–H groups in total. The first-order chi connectivity index (χ1) is 7.08. The smallest absolute Gasteiger partial charge is 0.306 e. The number of aliphatic hydroxyl groups is 1. The third-order valence-electron chi connectivity index (χ3n) is 2.62. The van der Waals surface area contributed by atoms with Gasteiger partial charge in [-0.25, -0.2) is 4.98 Å². The summed E-state index contributed by atoms with van der Waals surface area (Å²) in [5.41, 5.74) is 1.28. The summed E-state index contributed by atoms with van der Waals surface area (Å²) < 4.78 is 0. The van der Waals surface area contributed by atoms with Crippen LogP contribution in [0.3, 0.4) is 0 Å². The molecule has 0 bridgehead atoms. The summed E-state index contributed by atoms with van der Waals surface area (Å²) in [6, 6.07) is 3.33. The maximum atomic E-state index is 10.8. The molecule has 1 heterocycles. The first-order valence-electron chi connectivity index (χ1n) is 4.64. The zero-order valence-corrected chi connectivity index (χ0v) is 8.61. The van der Waals surface area contributed by atoms with Gasteiger partial charge in [0.05, 0.1) is 17.7 Å². The average Bonchev–Trinajstić information content (AvgIpc) is 2.18. The number of aliphatic hydroxyl groups excluding tert-OH is 1. The zero-order chi connectivity index (χ0) is 11.0. The van der Waals surface area contributed by atoms with Gasteiger partial charge in [-0.1, -0.05) is 17.7 Å². The number of aromatic nitrogens is 1. The largest absolute Gasteiger partial charge is 0.481 e. The highest BCUT2D eigenvalue weighted by molar-refractivity contribution is 6.29. The maximum Gasteiger partial charge on any atom is 0.306 e. The van der Waals surface area contributed by atoms with Crippen LogP contribution in [0.2, 0.25) is 5.15 Å². The van der Waals surface area contributed by atoms with E-state index >= 15 is 0 Å². The topological polar surface area (TPSA) is 70.4 Å². The van der Waals surface area contributed by atoms with Crippen LogP contribution in [-0.2, 0) is 11.2 Å². The lowest BCUT2D eigenvalue weighted by molar-refractivity contribution is -0.143. The molecule has 0 aromatic carbocycles. The van der Waals surface area contributed by atoms with Crippen LogP contribution >= 0.6 is 11.6 Å². The van der Waals surface area contributed by atoms with Crippen LogP contribution in [0.5, 0.6) is 0 Å². The summed E-state index contributed by atoms with van der Waals surface area (Å²) in [7, 11) is 0. The molecule has 0 radical (unpaired) electrons.